The van der Waals surface area contributed by atoms with E-state index in [1.54, 1.807) is 4.90 Å². The summed E-state index contributed by atoms with van der Waals surface area (Å²) < 4.78 is 13.5. The molecule has 4 aliphatic rings. The van der Waals surface area contributed by atoms with Crippen LogP contribution in [0.5, 0.6) is 0 Å². The van der Waals surface area contributed by atoms with Crippen molar-refractivity contribution in [3.63, 3.8) is 0 Å². The minimum absolute atomic E-state index is 0.0178. The molecule has 7 rings (SSSR count). The molecule has 1 saturated carbocycles. The molecular formula is C31H33FN4O2. The molecule has 2 amide bonds. The maximum atomic E-state index is 13.7. The highest BCUT2D eigenvalue weighted by Gasteiger charge is 2.47. The number of piperidine rings is 1. The first-order chi connectivity index (χ1) is 18.3. The number of halogens is 1. The lowest BCUT2D eigenvalue weighted by Crippen LogP contribution is -2.61. The van der Waals surface area contributed by atoms with Crippen LogP contribution in [0.15, 0.2) is 48.5 Å². The average Bonchev–Trinajstić information content (AvgIpc) is 3.63. The van der Waals surface area contributed by atoms with Crippen LogP contribution in [0, 0.1) is 6.92 Å². The number of nitrogens with zero attached hydrogens (tertiary/aromatic N) is 3. The normalized spacial score (nSPS) is 21.2. The minimum Gasteiger partial charge on any atom is -0.368 e. The van der Waals surface area contributed by atoms with Crippen LogP contribution >= 0.6 is 0 Å². The summed E-state index contributed by atoms with van der Waals surface area (Å²) in [6.07, 6.45) is 2.38. The van der Waals surface area contributed by atoms with Crippen molar-refractivity contribution in [2.75, 3.05) is 43.0 Å². The van der Waals surface area contributed by atoms with Gasteiger partial charge in [-0.05, 0) is 73.4 Å². The van der Waals surface area contributed by atoms with Gasteiger partial charge in [0, 0.05) is 61.5 Å². The number of carbonyl (C=O) groups is 2. The third-order valence-corrected chi connectivity index (χ3v) is 9.20. The Morgan fingerprint density at radius 2 is 1.82 bits per heavy atom. The lowest BCUT2D eigenvalue weighted by molar-refractivity contribution is 0.0929. The van der Waals surface area contributed by atoms with Gasteiger partial charge in [0.25, 0.3) is 11.8 Å². The van der Waals surface area contributed by atoms with Crippen LogP contribution in [-0.2, 0) is 5.54 Å². The summed E-state index contributed by atoms with van der Waals surface area (Å²) in [6.45, 7) is 5.49. The van der Waals surface area contributed by atoms with E-state index in [0.29, 0.717) is 24.4 Å². The quantitative estimate of drug-likeness (QED) is 0.535. The second-order valence-corrected chi connectivity index (χ2v) is 11.5. The van der Waals surface area contributed by atoms with Crippen molar-refractivity contribution in [3.05, 3.63) is 70.8 Å². The topological polar surface area (TPSA) is 55.9 Å². The SMILES string of the molecule is Cc1ccc(N2CC(N3CCC(F)CC3)C2)cc1C(=O)NC1(c2ccc3c4c(cccc24)C(=O)N3C)CC1. The molecule has 1 N–H and O–H groups in total. The van der Waals surface area contributed by atoms with Crippen LogP contribution < -0.4 is 15.1 Å². The number of carbonyl (C=O) groups excluding carboxylic acids is 2. The maximum absolute atomic E-state index is 13.7. The van der Waals surface area contributed by atoms with Crippen LogP contribution in [0.4, 0.5) is 15.8 Å². The summed E-state index contributed by atoms with van der Waals surface area (Å²) in [5.41, 5.74) is 5.06. The van der Waals surface area contributed by atoms with Crippen molar-refractivity contribution in [3.8, 4) is 0 Å². The zero-order valence-corrected chi connectivity index (χ0v) is 22.0. The molecule has 7 heteroatoms. The molecule has 1 aliphatic carbocycles. The van der Waals surface area contributed by atoms with Gasteiger partial charge in [-0.25, -0.2) is 4.39 Å². The highest BCUT2D eigenvalue weighted by molar-refractivity contribution is 6.25. The van der Waals surface area contributed by atoms with Gasteiger partial charge in [0.05, 0.1) is 11.2 Å². The molecule has 3 heterocycles. The fourth-order valence-corrected chi connectivity index (χ4v) is 6.61. The van der Waals surface area contributed by atoms with Gasteiger partial charge in [0.15, 0.2) is 0 Å². The Labute approximate surface area is 222 Å². The Balaban J connectivity index is 1.11. The molecule has 0 spiro atoms. The van der Waals surface area contributed by atoms with Gasteiger partial charge in [0.2, 0.25) is 0 Å². The molecule has 2 saturated heterocycles. The molecule has 0 atom stereocenters. The van der Waals surface area contributed by atoms with E-state index in [0.717, 1.165) is 77.9 Å². The van der Waals surface area contributed by atoms with Gasteiger partial charge in [-0.2, -0.15) is 0 Å². The molecule has 6 nitrogen and oxygen atoms in total. The number of amides is 2. The molecule has 3 fully saturated rings. The highest BCUT2D eigenvalue weighted by Crippen LogP contribution is 2.50. The molecule has 3 aromatic carbocycles. The fraction of sp³-hybridized carbons (Fsp3) is 0.419. The van der Waals surface area contributed by atoms with E-state index in [4.69, 9.17) is 0 Å². The molecule has 0 bridgehead atoms. The smallest absolute Gasteiger partial charge is 0.258 e. The summed E-state index contributed by atoms with van der Waals surface area (Å²) in [5.74, 6) is -0.0374. The second-order valence-electron chi connectivity index (χ2n) is 11.5. The Kier molecular flexibility index (Phi) is 5.31. The van der Waals surface area contributed by atoms with Gasteiger partial charge in [-0.15, -0.1) is 0 Å². The predicted molar refractivity (Wildman–Crippen MR) is 148 cm³/mol. The van der Waals surface area contributed by atoms with Crippen LogP contribution in [0.2, 0.25) is 0 Å². The third-order valence-electron chi connectivity index (χ3n) is 9.20. The van der Waals surface area contributed by atoms with Gasteiger partial charge in [-0.3, -0.25) is 14.5 Å². The lowest BCUT2D eigenvalue weighted by Gasteiger charge is -2.48. The number of aryl methyl sites for hydroxylation is 1. The van der Waals surface area contributed by atoms with E-state index in [-0.39, 0.29) is 11.8 Å². The van der Waals surface area contributed by atoms with Gasteiger partial charge >= 0.3 is 0 Å². The van der Waals surface area contributed by atoms with E-state index >= 15 is 0 Å². The Bertz CT molecular complexity index is 1470. The largest absolute Gasteiger partial charge is 0.368 e. The number of hydrogen-bond acceptors (Lipinski definition) is 4. The summed E-state index contributed by atoms with van der Waals surface area (Å²) >= 11 is 0. The second kappa shape index (κ2) is 8.53. The van der Waals surface area contributed by atoms with Gasteiger partial charge < -0.3 is 15.1 Å². The predicted octanol–water partition coefficient (Wildman–Crippen LogP) is 4.78. The summed E-state index contributed by atoms with van der Waals surface area (Å²) in [4.78, 5) is 32.8. The van der Waals surface area contributed by atoms with Gasteiger partial charge in [-0.1, -0.05) is 24.3 Å². The van der Waals surface area contributed by atoms with Crippen LogP contribution in [-0.4, -0.2) is 62.2 Å². The monoisotopic (exact) mass is 512 g/mol. The molecule has 0 unspecified atom stereocenters. The molecule has 0 radical (unpaired) electrons. The number of alkyl halides is 1. The summed E-state index contributed by atoms with van der Waals surface area (Å²) in [7, 11) is 1.81. The first-order valence-corrected chi connectivity index (χ1v) is 13.8. The van der Waals surface area contributed by atoms with Crippen molar-refractivity contribution in [1.82, 2.24) is 10.2 Å². The molecule has 196 valence electrons. The standard InChI is InChI=1S/C31H33FN4O2/c1-19-6-7-21(36-17-22(18-36)35-14-10-20(32)11-15-35)16-25(19)29(37)33-31(12-13-31)26-8-9-27-28-23(26)4-3-5-24(28)30(38)34(27)2/h3-9,16,20,22H,10-15,17-18H2,1-2H3,(H,33,37). The minimum atomic E-state index is -0.649. The number of nitrogens with one attached hydrogen (secondary N) is 1. The number of anilines is 2. The number of hydrogen-bond donors (Lipinski definition) is 1. The molecule has 0 aromatic heterocycles. The molecular weight excluding hydrogens is 479 g/mol. The van der Waals surface area contributed by atoms with E-state index in [1.807, 2.05) is 44.3 Å². The van der Waals surface area contributed by atoms with Crippen molar-refractivity contribution >= 4 is 34.0 Å². The fourth-order valence-electron chi connectivity index (χ4n) is 6.61. The highest BCUT2D eigenvalue weighted by atomic mass is 19.1. The number of likely N-dealkylation sites (tertiary alicyclic amines) is 1. The van der Waals surface area contributed by atoms with Crippen LogP contribution in [0.3, 0.4) is 0 Å². The van der Waals surface area contributed by atoms with Crippen molar-refractivity contribution in [2.24, 2.45) is 0 Å². The molecule has 38 heavy (non-hydrogen) atoms. The first-order valence-electron chi connectivity index (χ1n) is 13.8. The van der Waals surface area contributed by atoms with E-state index < -0.39 is 11.7 Å². The average molecular weight is 513 g/mol. The Morgan fingerprint density at radius 1 is 1.05 bits per heavy atom. The molecule has 3 aliphatic heterocycles. The zero-order chi connectivity index (χ0) is 26.2. The summed E-state index contributed by atoms with van der Waals surface area (Å²) in [5, 5.41) is 5.41. The Hall–Kier alpha value is -3.45. The van der Waals surface area contributed by atoms with Crippen LogP contribution in [0.1, 0.15) is 57.5 Å². The lowest BCUT2D eigenvalue weighted by atomic mass is 9.94. The Morgan fingerprint density at radius 3 is 2.55 bits per heavy atom. The van der Waals surface area contributed by atoms with E-state index in [9.17, 15) is 14.0 Å². The van der Waals surface area contributed by atoms with Crippen molar-refractivity contribution < 1.29 is 14.0 Å². The molecule has 3 aromatic rings. The zero-order valence-electron chi connectivity index (χ0n) is 22.0. The first kappa shape index (κ1) is 23.7. The third kappa shape index (κ3) is 3.62. The van der Waals surface area contributed by atoms with Crippen molar-refractivity contribution in [2.45, 2.75) is 50.4 Å². The van der Waals surface area contributed by atoms with Crippen molar-refractivity contribution in [1.29, 1.82) is 0 Å². The van der Waals surface area contributed by atoms with Crippen LogP contribution in [0.25, 0.3) is 10.8 Å². The van der Waals surface area contributed by atoms with E-state index in [1.165, 1.54) is 0 Å². The number of benzene rings is 3. The van der Waals surface area contributed by atoms with E-state index in [2.05, 4.69) is 33.3 Å². The summed E-state index contributed by atoms with van der Waals surface area (Å²) in [6, 6.07) is 16.6. The number of rotatable bonds is 5. The van der Waals surface area contributed by atoms with Gasteiger partial charge in [0.1, 0.15) is 6.17 Å². The maximum Gasteiger partial charge on any atom is 0.258 e.